The summed E-state index contributed by atoms with van der Waals surface area (Å²) in [5.41, 5.74) is 0.728. The fourth-order valence-electron chi connectivity index (χ4n) is 4.15. The number of nitrogens with zero attached hydrogens (tertiary/aromatic N) is 3. The molecule has 1 saturated carbocycles. The molecule has 0 aromatic heterocycles. The van der Waals surface area contributed by atoms with Gasteiger partial charge < -0.3 is 19.9 Å². The highest BCUT2D eigenvalue weighted by molar-refractivity contribution is 6.01. The third-order valence-corrected chi connectivity index (χ3v) is 5.92. The second-order valence-corrected chi connectivity index (χ2v) is 8.25. The maximum atomic E-state index is 13.0. The Labute approximate surface area is 177 Å². The number of ether oxygens (including phenoxy) is 1. The fraction of sp³-hybridized carbons (Fsp3) is 0.591. The van der Waals surface area contributed by atoms with Crippen LogP contribution in [-0.2, 0) is 14.4 Å². The molecule has 2 aliphatic heterocycles. The molecule has 30 heavy (non-hydrogen) atoms. The van der Waals surface area contributed by atoms with Crippen molar-refractivity contribution < 1.29 is 19.1 Å². The number of amides is 3. The van der Waals surface area contributed by atoms with Gasteiger partial charge in [-0.05, 0) is 31.9 Å². The van der Waals surface area contributed by atoms with Gasteiger partial charge in [-0.2, -0.15) is 0 Å². The number of hydrogen-bond acceptors (Lipinski definition) is 5. The predicted octanol–water partition coefficient (Wildman–Crippen LogP) is 0.861. The van der Waals surface area contributed by atoms with Crippen molar-refractivity contribution in [3.05, 3.63) is 24.3 Å². The lowest BCUT2D eigenvalue weighted by Gasteiger charge is -2.35. The van der Waals surface area contributed by atoms with Gasteiger partial charge in [0.15, 0.2) is 0 Å². The highest BCUT2D eigenvalue weighted by atomic mass is 16.5. The van der Waals surface area contributed by atoms with Gasteiger partial charge >= 0.3 is 0 Å². The van der Waals surface area contributed by atoms with Crippen molar-refractivity contribution in [1.29, 1.82) is 0 Å². The van der Waals surface area contributed by atoms with Gasteiger partial charge in [0.2, 0.25) is 17.7 Å². The average molecular weight is 415 g/mol. The normalized spacial score (nSPS) is 22.3. The Morgan fingerprint density at radius 2 is 1.87 bits per heavy atom. The molecule has 1 aromatic carbocycles. The smallest absolute Gasteiger partial charge is 0.234 e. The van der Waals surface area contributed by atoms with Crippen LogP contribution in [0, 0.1) is 5.92 Å². The molecule has 0 spiro atoms. The largest absolute Gasteiger partial charge is 0.492 e. The first-order chi connectivity index (χ1) is 14.5. The van der Waals surface area contributed by atoms with Crippen molar-refractivity contribution in [1.82, 2.24) is 15.1 Å². The maximum Gasteiger partial charge on any atom is 0.234 e. The van der Waals surface area contributed by atoms with E-state index in [1.54, 1.807) is 4.90 Å². The summed E-state index contributed by atoms with van der Waals surface area (Å²) >= 11 is 0. The lowest BCUT2D eigenvalue weighted by Crippen LogP contribution is -2.52. The number of benzene rings is 1. The van der Waals surface area contributed by atoms with E-state index in [0.717, 1.165) is 18.5 Å². The number of carbonyl (C=O) groups is 3. The van der Waals surface area contributed by atoms with Gasteiger partial charge in [0.25, 0.3) is 0 Å². The van der Waals surface area contributed by atoms with Gasteiger partial charge in [-0.1, -0.05) is 12.1 Å². The molecule has 8 heteroatoms. The Bertz CT molecular complexity index is 802. The number of para-hydroxylation sites is 2. The fourth-order valence-corrected chi connectivity index (χ4v) is 4.15. The summed E-state index contributed by atoms with van der Waals surface area (Å²) in [5, 5.41) is 3.00. The molecule has 2 saturated heterocycles. The summed E-state index contributed by atoms with van der Waals surface area (Å²) in [6.07, 6.45) is 2.39. The summed E-state index contributed by atoms with van der Waals surface area (Å²) in [6.45, 7) is 5.75. The minimum Gasteiger partial charge on any atom is -0.492 e. The Morgan fingerprint density at radius 1 is 1.13 bits per heavy atom. The van der Waals surface area contributed by atoms with Crippen molar-refractivity contribution in [2.75, 3.05) is 50.8 Å². The van der Waals surface area contributed by atoms with Crippen LogP contribution in [0.3, 0.4) is 0 Å². The van der Waals surface area contributed by atoms with Gasteiger partial charge in [0.05, 0.1) is 24.8 Å². The Kier molecular flexibility index (Phi) is 6.22. The second kappa shape index (κ2) is 9.04. The molecular weight excluding hydrogens is 384 g/mol. The molecule has 162 valence electrons. The van der Waals surface area contributed by atoms with Crippen molar-refractivity contribution in [2.45, 2.75) is 32.2 Å². The summed E-state index contributed by atoms with van der Waals surface area (Å²) in [6, 6.07) is 7.83. The minimum absolute atomic E-state index is 0.0295. The van der Waals surface area contributed by atoms with E-state index in [2.05, 4.69) is 10.2 Å². The van der Waals surface area contributed by atoms with E-state index in [4.69, 9.17) is 4.74 Å². The van der Waals surface area contributed by atoms with Gasteiger partial charge in [-0.25, -0.2) is 0 Å². The van der Waals surface area contributed by atoms with Crippen LogP contribution >= 0.6 is 0 Å². The molecule has 1 atom stereocenters. The van der Waals surface area contributed by atoms with Crippen LogP contribution in [-0.4, -0.2) is 79.4 Å². The van der Waals surface area contributed by atoms with E-state index in [0.29, 0.717) is 57.7 Å². The van der Waals surface area contributed by atoms with Crippen LogP contribution in [0.15, 0.2) is 24.3 Å². The Morgan fingerprint density at radius 3 is 2.57 bits per heavy atom. The van der Waals surface area contributed by atoms with Gasteiger partial charge in [0, 0.05) is 45.2 Å². The first kappa shape index (κ1) is 20.7. The molecule has 4 rings (SSSR count). The zero-order valence-electron chi connectivity index (χ0n) is 17.5. The summed E-state index contributed by atoms with van der Waals surface area (Å²) in [7, 11) is 0. The van der Waals surface area contributed by atoms with E-state index in [-0.39, 0.29) is 30.1 Å². The number of anilines is 1. The molecule has 0 bridgehead atoms. The minimum atomic E-state index is -0.336. The first-order valence-corrected chi connectivity index (χ1v) is 10.9. The molecule has 3 fully saturated rings. The number of carbonyl (C=O) groups excluding carboxylic acids is 3. The van der Waals surface area contributed by atoms with E-state index in [1.165, 1.54) is 0 Å². The number of piperazine rings is 1. The van der Waals surface area contributed by atoms with Crippen LogP contribution in [0.25, 0.3) is 0 Å². The SMILES string of the molecule is CCOc1ccccc1N1C[C@@H](C(=O)N2CCN(CC(=O)NC3CC3)CC2)CC1=O. The van der Waals surface area contributed by atoms with Crippen LogP contribution in [0.5, 0.6) is 5.75 Å². The zero-order chi connectivity index (χ0) is 21.1. The standard InChI is InChI=1S/C22H30N4O4/c1-2-30-19-6-4-3-5-18(19)26-14-16(13-21(26)28)22(29)25-11-9-24(10-12-25)15-20(27)23-17-7-8-17/h3-6,16-17H,2,7-15H2,1H3,(H,23,27)/t16-/m0/s1. The van der Waals surface area contributed by atoms with Crippen LogP contribution in [0.2, 0.25) is 0 Å². The van der Waals surface area contributed by atoms with E-state index in [1.807, 2.05) is 36.1 Å². The molecule has 0 unspecified atom stereocenters. The lowest BCUT2D eigenvalue weighted by atomic mass is 10.1. The molecule has 8 nitrogen and oxygen atoms in total. The summed E-state index contributed by atoms with van der Waals surface area (Å²) < 4.78 is 5.65. The quantitative estimate of drug-likeness (QED) is 0.716. The molecule has 2 heterocycles. The maximum absolute atomic E-state index is 13.0. The van der Waals surface area contributed by atoms with E-state index < -0.39 is 0 Å². The molecule has 3 amide bonds. The van der Waals surface area contributed by atoms with Crippen LogP contribution < -0.4 is 15.0 Å². The van der Waals surface area contributed by atoms with Crippen molar-refractivity contribution in [3.63, 3.8) is 0 Å². The number of nitrogens with one attached hydrogen (secondary N) is 1. The summed E-state index contributed by atoms with van der Waals surface area (Å²) in [5.74, 6) is 0.386. The molecule has 1 aliphatic carbocycles. The first-order valence-electron chi connectivity index (χ1n) is 10.9. The number of hydrogen-bond donors (Lipinski definition) is 1. The van der Waals surface area contributed by atoms with Crippen LogP contribution in [0.4, 0.5) is 5.69 Å². The van der Waals surface area contributed by atoms with Crippen molar-refractivity contribution in [2.24, 2.45) is 5.92 Å². The predicted molar refractivity (Wildman–Crippen MR) is 112 cm³/mol. The molecular formula is C22H30N4O4. The molecule has 1 aromatic rings. The summed E-state index contributed by atoms with van der Waals surface area (Å²) in [4.78, 5) is 43.3. The highest BCUT2D eigenvalue weighted by Crippen LogP contribution is 2.33. The molecule has 0 radical (unpaired) electrons. The molecule has 3 aliphatic rings. The van der Waals surface area contributed by atoms with Crippen molar-refractivity contribution in [3.8, 4) is 5.75 Å². The Hall–Kier alpha value is -2.61. The third kappa shape index (κ3) is 4.75. The van der Waals surface area contributed by atoms with Gasteiger partial charge in [-0.15, -0.1) is 0 Å². The van der Waals surface area contributed by atoms with Gasteiger partial charge in [0.1, 0.15) is 5.75 Å². The van der Waals surface area contributed by atoms with Crippen molar-refractivity contribution >= 4 is 23.4 Å². The average Bonchev–Trinajstić information content (AvgIpc) is 3.47. The van der Waals surface area contributed by atoms with E-state index in [9.17, 15) is 14.4 Å². The lowest BCUT2D eigenvalue weighted by molar-refractivity contribution is -0.137. The molecule has 1 N–H and O–H groups in total. The van der Waals surface area contributed by atoms with E-state index >= 15 is 0 Å². The second-order valence-electron chi connectivity index (χ2n) is 8.25. The third-order valence-electron chi connectivity index (χ3n) is 5.92. The monoisotopic (exact) mass is 414 g/mol. The number of rotatable bonds is 7. The zero-order valence-corrected chi connectivity index (χ0v) is 17.5. The van der Waals surface area contributed by atoms with Crippen LogP contribution in [0.1, 0.15) is 26.2 Å². The topological polar surface area (TPSA) is 82.2 Å². The highest BCUT2D eigenvalue weighted by Gasteiger charge is 2.39. The Balaban J connectivity index is 1.30. The van der Waals surface area contributed by atoms with Gasteiger partial charge in [-0.3, -0.25) is 19.3 Å².